The highest BCUT2D eigenvalue weighted by molar-refractivity contribution is 7.71. The summed E-state index contributed by atoms with van der Waals surface area (Å²) in [6, 6.07) is 22.0. The number of carbonyl (C=O) groups excluding carboxylic acids is 3. The van der Waals surface area contributed by atoms with Gasteiger partial charge < -0.3 is 25.6 Å². The normalized spacial score (nSPS) is 14.0. The van der Waals surface area contributed by atoms with Gasteiger partial charge in [-0.1, -0.05) is 43.3 Å². The van der Waals surface area contributed by atoms with Gasteiger partial charge in [0.25, 0.3) is 22.9 Å². The number of hydrogen-bond donors (Lipinski definition) is 4. The maximum atomic E-state index is 13.7. The molecule has 1 unspecified atom stereocenters. The molecule has 4 N–H and O–H groups in total. The number of aromatic nitrogens is 7. The first-order valence-corrected chi connectivity index (χ1v) is 23.6. The van der Waals surface area contributed by atoms with Crippen molar-refractivity contribution in [3.8, 4) is 5.82 Å². The number of aliphatic hydroxyl groups is 1. The Balaban J connectivity index is 0.770. The van der Waals surface area contributed by atoms with Crippen LogP contribution in [0.1, 0.15) is 93.1 Å². The summed E-state index contributed by atoms with van der Waals surface area (Å²) in [5.41, 5.74) is 2.98. The molecule has 0 bridgehead atoms. The fraction of sp³-hybridized carbons (Fsp3) is 0.347. The Morgan fingerprint density at radius 2 is 1.57 bits per heavy atom. The summed E-state index contributed by atoms with van der Waals surface area (Å²) >= 11 is 6.99. The standard InChI is InChI=1S/C49H52N10O6S2/c1-30-17-22-50-40(25-30)59-47(64)42-35(32(3)67-45(42)54-48(59)66)12-8-21-52-44(62)38-16-15-37(55-56-38)43(61)51-20-7-9-33-13-14-36-39(27-33)53-29-58(46(36)63)28-49(65)18-23-57(24-19-49)41(60)26-31(2)34-10-5-4-6-11-34/h4-6,10-11,13-17,22,25,27,29,31,65H,7-9,12,18-21,23-24,26,28H2,1-3H3,(H,51,61)(H,52,62)(H,54,66). The summed E-state index contributed by atoms with van der Waals surface area (Å²) < 4.78 is 3.14. The SMILES string of the molecule is Cc1ccnc(-n2c(=S)[nH]c3sc(C)c(CCCNC(=O)c4ccc(C(=O)NCCCc5ccc6c(=O)n(CC7(O)CCN(C(=O)CC(C)c8ccccc8)CC7)cnc6c5)nn4)c3c2=O)c1. The van der Waals surface area contributed by atoms with Gasteiger partial charge in [0, 0.05) is 43.7 Å². The highest BCUT2D eigenvalue weighted by Crippen LogP contribution is 2.29. The molecule has 1 fully saturated rings. The number of aromatic amines is 1. The predicted octanol–water partition coefficient (Wildman–Crippen LogP) is 5.89. The fourth-order valence-corrected chi connectivity index (χ4v) is 9.97. The maximum absolute atomic E-state index is 13.7. The molecule has 1 atom stereocenters. The Morgan fingerprint density at radius 3 is 2.24 bits per heavy atom. The number of pyridine rings is 1. The molecule has 6 heterocycles. The van der Waals surface area contributed by atoms with E-state index in [1.165, 1.54) is 38.9 Å². The smallest absolute Gasteiger partial charge is 0.271 e. The van der Waals surface area contributed by atoms with Crippen LogP contribution in [-0.2, 0) is 24.2 Å². The van der Waals surface area contributed by atoms with Crippen LogP contribution in [0.5, 0.6) is 0 Å². The zero-order valence-electron chi connectivity index (χ0n) is 37.6. The van der Waals surface area contributed by atoms with E-state index in [1.807, 2.05) is 75.4 Å². The van der Waals surface area contributed by atoms with Crippen LogP contribution in [-0.4, -0.2) is 93.8 Å². The minimum absolute atomic E-state index is 0.0625. The van der Waals surface area contributed by atoms with Crippen molar-refractivity contribution >= 4 is 62.4 Å². The van der Waals surface area contributed by atoms with E-state index in [1.54, 1.807) is 17.2 Å². The van der Waals surface area contributed by atoms with E-state index in [4.69, 9.17) is 12.2 Å². The van der Waals surface area contributed by atoms with E-state index in [0.717, 1.165) is 27.1 Å². The van der Waals surface area contributed by atoms with Gasteiger partial charge in [0.2, 0.25) is 5.91 Å². The Hall–Kier alpha value is -6.76. The molecule has 1 aliphatic rings. The van der Waals surface area contributed by atoms with E-state index < -0.39 is 17.4 Å². The quantitative estimate of drug-likeness (QED) is 0.0663. The van der Waals surface area contributed by atoms with Crippen LogP contribution in [0.3, 0.4) is 0 Å². The number of fused-ring (bicyclic) bond motifs is 2. The lowest BCUT2D eigenvalue weighted by molar-refractivity contribution is -0.136. The average molecular weight is 941 g/mol. The number of thiophene rings is 1. The summed E-state index contributed by atoms with van der Waals surface area (Å²) in [4.78, 5) is 81.5. The molecule has 1 saturated heterocycles. The van der Waals surface area contributed by atoms with Gasteiger partial charge in [0.05, 0.1) is 34.8 Å². The van der Waals surface area contributed by atoms with Crippen LogP contribution in [0.2, 0.25) is 0 Å². The molecule has 67 heavy (non-hydrogen) atoms. The summed E-state index contributed by atoms with van der Waals surface area (Å²) in [6.45, 7) is 7.53. The first-order valence-electron chi connectivity index (χ1n) is 22.4. The molecule has 0 radical (unpaired) electrons. The molecule has 0 spiro atoms. The number of nitrogens with one attached hydrogen (secondary N) is 3. The number of aryl methyl sites for hydroxylation is 4. The summed E-state index contributed by atoms with van der Waals surface area (Å²) in [7, 11) is 0. The van der Waals surface area contributed by atoms with Gasteiger partial charge >= 0.3 is 0 Å². The number of H-pyrrole nitrogens is 1. The van der Waals surface area contributed by atoms with Crippen molar-refractivity contribution in [2.24, 2.45) is 0 Å². The summed E-state index contributed by atoms with van der Waals surface area (Å²) in [6.07, 6.45) is 6.57. The number of rotatable bonds is 16. The lowest BCUT2D eigenvalue weighted by atomic mass is 9.90. The van der Waals surface area contributed by atoms with Crippen molar-refractivity contribution in [3.05, 3.63) is 149 Å². The molecule has 0 aliphatic carbocycles. The van der Waals surface area contributed by atoms with Gasteiger partial charge in [-0.05, 0) is 129 Å². The molecule has 346 valence electrons. The molecule has 0 saturated carbocycles. The second-order valence-corrected chi connectivity index (χ2v) is 18.9. The number of amides is 3. The second-order valence-electron chi connectivity index (χ2n) is 17.3. The van der Waals surface area contributed by atoms with Crippen molar-refractivity contribution in [1.82, 2.24) is 49.8 Å². The third kappa shape index (κ3) is 10.8. The average Bonchev–Trinajstić information content (AvgIpc) is 3.64. The Kier molecular flexibility index (Phi) is 14.2. The number of hydrogen-bond acceptors (Lipinski definition) is 12. The molecule has 1 aliphatic heterocycles. The molecule has 7 aromatic rings. The third-order valence-electron chi connectivity index (χ3n) is 12.4. The highest BCUT2D eigenvalue weighted by Gasteiger charge is 2.35. The molecule has 16 nitrogen and oxygen atoms in total. The van der Waals surface area contributed by atoms with Crippen molar-refractivity contribution in [3.63, 3.8) is 0 Å². The van der Waals surface area contributed by atoms with Gasteiger partial charge in [-0.25, -0.2) is 14.5 Å². The second kappa shape index (κ2) is 20.4. The lowest BCUT2D eigenvalue weighted by Gasteiger charge is -2.38. The molecule has 3 amide bonds. The van der Waals surface area contributed by atoms with Gasteiger partial charge in [-0.3, -0.25) is 28.5 Å². The van der Waals surface area contributed by atoms with E-state index in [-0.39, 0.29) is 45.6 Å². The summed E-state index contributed by atoms with van der Waals surface area (Å²) in [5, 5.41) is 26.1. The fourth-order valence-electron chi connectivity index (χ4n) is 8.53. The van der Waals surface area contributed by atoms with Crippen LogP contribution < -0.4 is 21.8 Å². The van der Waals surface area contributed by atoms with Gasteiger partial charge in [0.1, 0.15) is 10.6 Å². The van der Waals surface area contributed by atoms with Crippen molar-refractivity contribution < 1.29 is 19.5 Å². The van der Waals surface area contributed by atoms with E-state index in [2.05, 4.69) is 35.8 Å². The maximum Gasteiger partial charge on any atom is 0.271 e. The van der Waals surface area contributed by atoms with Gasteiger partial charge in [0.15, 0.2) is 16.2 Å². The van der Waals surface area contributed by atoms with Crippen LogP contribution in [0.25, 0.3) is 26.9 Å². The number of benzene rings is 2. The number of piperidine rings is 1. The van der Waals surface area contributed by atoms with Gasteiger partial charge in [-0.15, -0.1) is 21.5 Å². The van der Waals surface area contributed by atoms with Crippen molar-refractivity contribution in [2.75, 3.05) is 26.2 Å². The Labute approximate surface area is 395 Å². The predicted molar refractivity (Wildman–Crippen MR) is 259 cm³/mol. The molecule has 8 rings (SSSR count). The minimum atomic E-state index is -1.14. The van der Waals surface area contributed by atoms with Crippen LogP contribution >= 0.6 is 23.6 Å². The topological polar surface area (TPSA) is 210 Å². The lowest BCUT2D eigenvalue weighted by Crippen LogP contribution is -2.49. The number of nitrogens with zero attached hydrogens (tertiary/aromatic N) is 7. The largest absolute Gasteiger partial charge is 0.388 e. The monoisotopic (exact) mass is 940 g/mol. The minimum Gasteiger partial charge on any atom is -0.388 e. The zero-order chi connectivity index (χ0) is 47.2. The molecular formula is C49H52N10O6S2. The summed E-state index contributed by atoms with van der Waals surface area (Å²) in [5.74, 6) is -0.244. The van der Waals surface area contributed by atoms with E-state index in [9.17, 15) is 29.1 Å². The molecular weight excluding hydrogens is 889 g/mol. The van der Waals surface area contributed by atoms with Crippen molar-refractivity contribution in [2.45, 2.75) is 83.8 Å². The molecule has 18 heteroatoms. The highest BCUT2D eigenvalue weighted by atomic mass is 32.1. The first-order chi connectivity index (χ1) is 32.3. The van der Waals surface area contributed by atoms with Crippen LogP contribution in [0.4, 0.5) is 0 Å². The number of likely N-dealkylation sites (tertiary alicyclic amines) is 1. The van der Waals surface area contributed by atoms with Crippen LogP contribution in [0, 0.1) is 18.6 Å². The van der Waals surface area contributed by atoms with E-state index in [0.29, 0.717) is 98.1 Å². The number of carbonyl (C=O) groups is 3. The van der Waals surface area contributed by atoms with Crippen molar-refractivity contribution in [1.29, 1.82) is 0 Å². The first kappa shape index (κ1) is 46.8. The van der Waals surface area contributed by atoms with Crippen LogP contribution in [0.15, 0.2) is 94.9 Å². The third-order valence-corrected chi connectivity index (χ3v) is 13.7. The van der Waals surface area contributed by atoms with Gasteiger partial charge in [-0.2, -0.15) is 0 Å². The Bertz CT molecular complexity index is 3140. The molecule has 5 aromatic heterocycles. The molecule has 2 aromatic carbocycles. The Morgan fingerprint density at radius 1 is 0.881 bits per heavy atom. The zero-order valence-corrected chi connectivity index (χ0v) is 39.2. The van der Waals surface area contributed by atoms with E-state index >= 15 is 0 Å².